The van der Waals surface area contributed by atoms with Crippen LogP contribution in [0.25, 0.3) is 0 Å². The van der Waals surface area contributed by atoms with Gasteiger partial charge in [0.25, 0.3) is 0 Å². The molecule has 3 rings (SSSR count). The van der Waals surface area contributed by atoms with Crippen LogP contribution in [0.2, 0.25) is 0 Å². The Hall–Kier alpha value is -0.530. The first kappa shape index (κ1) is 8.75. The summed E-state index contributed by atoms with van der Waals surface area (Å²) in [5.41, 5.74) is -0.0301. The van der Waals surface area contributed by atoms with E-state index in [-0.39, 0.29) is 11.4 Å². The van der Waals surface area contributed by atoms with Crippen molar-refractivity contribution in [2.45, 2.75) is 38.5 Å². The molecule has 78 valence electrons. The lowest BCUT2D eigenvalue weighted by atomic mass is 9.68. The summed E-state index contributed by atoms with van der Waals surface area (Å²) >= 11 is 0. The molecule has 2 heteroatoms. The first-order valence-electron chi connectivity index (χ1n) is 5.87. The minimum atomic E-state index is -0.0301. The number of rotatable bonds is 1. The number of carbonyl (C=O) groups is 1. The SMILES string of the molecule is COC(=O)C12CCCC1C1CCC2C1. The smallest absolute Gasteiger partial charge is 0.312 e. The molecule has 2 bridgehead atoms. The molecular weight excluding hydrogens is 176 g/mol. The Morgan fingerprint density at radius 1 is 1.36 bits per heavy atom. The van der Waals surface area contributed by atoms with E-state index in [1.165, 1.54) is 32.1 Å². The fraction of sp³-hybridized carbons (Fsp3) is 0.917. The van der Waals surface area contributed by atoms with Gasteiger partial charge < -0.3 is 4.74 Å². The lowest BCUT2D eigenvalue weighted by Gasteiger charge is -2.36. The highest BCUT2D eigenvalue weighted by Crippen LogP contribution is 2.66. The van der Waals surface area contributed by atoms with Crippen molar-refractivity contribution in [3.05, 3.63) is 0 Å². The van der Waals surface area contributed by atoms with Crippen LogP contribution in [0.3, 0.4) is 0 Å². The molecule has 0 amide bonds. The Morgan fingerprint density at radius 3 is 3.00 bits per heavy atom. The van der Waals surface area contributed by atoms with Gasteiger partial charge in [0.1, 0.15) is 0 Å². The fourth-order valence-electron chi connectivity index (χ4n) is 4.68. The number of ether oxygens (including phenoxy) is 1. The third-order valence-electron chi connectivity index (χ3n) is 5.10. The zero-order chi connectivity index (χ0) is 9.76. The Bertz CT molecular complexity index is 273. The minimum absolute atomic E-state index is 0.0301. The molecule has 0 aromatic rings. The summed E-state index contributed by atoms with van der Waals surface area (Å²) < 4.78 is 5.05. The molecule has 2 nitrogen and oxygen atoms in total. The molecule has 3 aliphatic rings. The second-order valence-electron chi connectivity index (χ2n) is 5.30. The average molecular weight is 194 g/mol. The van der Waals surface area contributed by atoms with Crippen LogP contribution in [-0.2, 0) is 9.53 Å². The Kier molecular flexibility index (Phi) is 1.71. The summed E-state index contributed by atoms with van der Waals surface area (Å²) in [4.78, 5) is 12.0. The molecule has 3 saturated carbocycles. The van der Waals surface area contributed by atoms with Crippen molar-refractivity contribution >= 4 is 5.97 Å². The summed E-state index contributed by atoms with van der Waals surface area (Å²) in [6.07, 6.45) is 7.57. The van der Waals surface area contributed by atoms with Gasteiger partial charge in [-0.25, -0.2) is 0 Å². The molecular formula is C12H18O2. The van der Waals surface area contributed by atoms with Crippen molar-refractivity contribution < 1.29 is 9.53 Å². The second kappa shape index (κ2) is 2.74. The van der Waals surface area contributed by atoms with Crippen molar-refractivity contribution in [1.29, 1.82) is 0 Å². The average Bonchev–Trinajstić information content (AvgIpc) is 2.87. The van der Waals surface area contributed by atoms with Crippen LogP contribution < -0.4 is 0 Å². The van der Waals surface area contributed by atoms with E-state index in [9.17, 15) is 4.79 Å². The van der Waals surface area contributed by atoms with Gasteiger partial charge in [-0.15, -0.1) is 0 Å². The number of esters is 1. The molecule has 0 heterocycles. The van der Waals surface area contributed by atoms with E-state index >= 15 is 0 Å². The topological polar surface area (TPSA) is 26.3 Å². The van der Waals surface area contributed by atoms with Crippen LogP contribution in [-0.4, -0.2) is 13.1 Å². The molecule has 0 aromatic carbocycles. The van der Waals surface area contributed by atoms with Crippen molar-refractivity contribution in [3.8, 4) is 0 Å². The van der Waals surface area contributed by atoms with Gasteiger partial charge in [-0.1, -0.05) is 6.42 Å². The summed E-state index contributed by atoms with van der Waals surface area (Å²) in [6.45, 7) is 0. The van der Waals surface area contributed by atoms with Gasteiger partial charge in [0.15, 0.2) is 0 Å². The molecule has 0 aliphatic heterocycles. The molecule has 0 radical (unpaired) electrons. The van der Waals surface area contributed by atoms with E-state index in [4.69, 9.17) is 4.74 Å². The van der Waals surface area contributed by atoms with E-state index in [1.807, 2.05) is 0 Å². The zero-order valence-electron chi connectivity index (χ0n) is 8.79. The largest absolute Gasteiger partial charge is 0.469 e. The monoisotopic (exact) mass is 194 g/mol. The lowest BCUT2D eigenvalue weighted by Crippen LogP contribution is -2.40. The quantitative estimate of drug-likeness (QED) is 0.599. The van der Waals surface area contributed by atoms with Crippen molar-refractivity contribution in [3.63, 3.8) is 0 Å². The summed E-state index contributed by atoms with van der Waals surface area (Å²) in [6, 6.07) is 0. The van der Waals surface area contributed by atoms with Crippen LogP contribution in [0.1, 0.15) is 38.5 Å². The maximum atomic E-state index is 12.0. The first-order valence-corrected chi connectivity index (χ1v) is 5.87. The highest BCUT2D eigenvalue weighted by molar-refractivity contribution is 5.78. The Labute approximate surface area is 85.0 Å². The Balaban J connectivity index is 1.99. The summed E-state index contributed by atoms with van der Waals surface area (Å²) in [7, 11) is 1.55. The predicted molar refractivity (Wildman–Crippen MR) is 52.6 cm³/mol. The number of hydrogen-bond donors (Lipinski definition) is 0. The zero-order valence-corrected chi connectivity index (χ0v) is 8.79. The van der Waals surface area contributed by atoms with Gasteiger partial charge in [-0.05, 0) is 49.9 Å². The van der Waals surface area contributed by atoms with E-state index < -0.39 is 0 Å². The van der Waals surface area contributed by atoms with Crippen molar-refractivity contribution in [1.82, 2.24) is 0 Å². The maximum Gasteiger partial charge on any atom is 0.312 e. The maximum absolute atomic E-state index is 12.0. The normalized spacial score (nSPS) is 49.4. The van der Waals surface area contributed by atoms with E-state index in [0.717, 1.165) is 12.3 Å². The predicted octanol–water partition coefficient (Wildman–Crippen LogP) is 2.38. The van der Waals surface area contributed by atoms with Crippen molar-refractivity contribution in [2.24, 2.45) is 23.2 Å². The molecule has 0 spiro atoms. The summed E-state index contributed by atoms with van der Waals surface area (Å²) in [5, 5.41) is 0. The molecule has 0 aromatic heterocycles. The molecule has 3 aliphatic carbocycles. The van der Waals surface area contributed by atoms with Crippen LogP contribution in [0, 0.1) is 23.2 Å². The third-order valence-corrected chi connectivity index (χ3v) is 5.10. The standard InChI is InChI=1S/C12H18O2/c1-14-11(13)12-6-2-3-10(12)8-4-5-9(12)7-8/h8-10H,2-7H2,1H3. The number of fused-ring (bicyclic) bond motifs is 5. The van der Waals surface area contributed by atoms with Gasteiger partial charge in [0.2, 0.25) is 0 Å². The molecule has 0 saturated heterocycles. The van der Waals surface area contributed by atoms with Crippen LogP contribution in [0.4, 0.5) is 0 Å². The van der Waals surface area contributed by atoms with E-state index in [1.54, 1.807) is 7.11 Å². The number of carbonyl (C=O) groups excluding carboxylic acids is 1. The van der Waals surface area contributed by atoms with Gasteiger partial charge >= 0.3 is 5.97 Å². The highest BCUT2D eigenvalue weighted by atomic mass is 16.5. The van der Waals surface area contributed by atoms with Crippen LogP contribution in [0.15, 0.2) is 0 Å². The van der Waals surface area contributed by atoms with Crippen LogP contribution in [0.5, 0.6) is 0 Å². The molecule has 4 atom stereocenters. The van der Waals surface area contributed by atoms with E-state index in [2.05, 4.69) is 0 Å². The van der Waals surface area contributed by atoms with Crippen LogP contribution >= 0.6 is 0 Å². The van der Waals surface area contributed by atoms with E-state index in [0.29, 0.717) is 11.8 Å². The van der Waals surface area contributed by atoms with Gasteiger partial charge in [0, 0.05) is 0 Å². The second-order valence-corrected chi connectivity index (χ2v) is 5.30. The fourth-order valence-corrected chi connectivity index (χ4v) is 4.68. The number of hydrogen-bond acceptors (Lipinski definition) is 2. The van der Waals surface area contributed by atoms with Gasteiger partial charge in [0.05, 0.1) is 12.5 Å². The molecule has 14 heavy (non-hydrogen) atoms. The van der Waals surface area contributed by atoms with Gasteiger partial charge in [-0.2, -0.15) is 0 Å². The minimum Gasteiger partial charge on any atom is -0.469 e. The third kappa shape index (κ3) is 0.807. The van der Waals surface area contributed by atoms with Gasteiger partial charge in [-0.3, -0.25) is 4.79 Å². The summed E-state index contributed by atoms with van der Waals surface area (Å²) in [5.74, 6) is 2.29. The lowest BCUT2D eigenvalue weighted by molar-refractivity contribution is -0.158. The van der Waals surface area contributed by atoms with Crippen molar-refractivity contribution in [2.75, 3.05) is 7.11 Å². The number of methoxy groups -OCH3 is 1. The molecule has 4 unspecified atom stereocenters. The molecule has 0 N–H and O–H groups in total. The highest BCUT2D eigenvalue weighted by Gasteiger charge is 2.64. The Morgan fingerprint density at radius 2 is 2.21 bits per heavy atom. The first-order chi connectivity index (χ1) is 6.79. The molecule has 3 fully saturated rings.